The van der Waals surface area contributed by atoms with E-state index < -0.39 is 5.92 Å². The number of hydrogen-bond donors (Lipinski definition) is 0. The first-order valence-electron chi connectivity index (χ1n) is 22.6. The van der Waals surface area contributed by atoms with E-state index in [0.717, 1.165) is 100 Å². The van der Waals surface area contributed by atoms with Crippen LogP contribution in [0.4, 0.5) is 14.6 Å². The van der Waals surface area contributed by atoms with Gasteiger partial charge in [-0.1, -0.05) is 27.7 Å². The Labute approximate surface area is 396 Å². The summed E-state index contributed by atoms with van der Waals surface area (Å²) in [5.41, 5.74) is 11.0. The first kappa shape index (κ1) is 46.2. The van der Waals surface area contributed by atoms with Crippen LogP contribution in [0.3, 0.4) is 0 Å². The van der Waals surface area contributed by atoms with Gasteiger partial charge in [-0.3, -0.25) is 29.3 Å². The zero-order valence-corrected chi connectivity index (χ0v) is 40.7. The Morgan fingerprint density at radius 1 is 0.594 bits per heavy atom. The van der Waals surface area contributed by atoms with Crippen molar-refractivity contribution in [2.45, 2.75) is 67.2 Å². The Morgan fingerprint density at radius 2 is 1.06 bits per heavy atom. The van der Waals surface area contributed by atoms with Crippen molar-refractivity contribution >= 4 is 49.4 Å². The van der Waals surface area contributed by atoms with Gasteiger partial charge in [0.15, 0.2) is 11.6 Å². The fourth-order valence-electron chi connectivity index (χ4n) is 8.96. The third-order valence-corrected chi connectivity index (χ3v) is 12.2. The lowest BCUT2D eigenvalue weighted by Gasteiger charge is -2.40. The number of hydrogen-bond acceptors (Lipinski definition) is 13. The SMILES string of the molecule is CC.COc1ccncc1-c1cc2c(cnn2-c2cc3c(c(C)nn3C)c(C(C)C)n2)c(C)n1.COc1ccncc1-c1cc2c(cnn2-c2cc3c(c(C)nn3C)c(N3CC(F)(F)C3)n2)c(C)n1. The van der Waals surface area contributed by atoms with Gasteiger partial charge in [0, 0.05) is 78.6 Å². The van der Waals surface area contributed by atoms with E-state index in [2.05, 4.69) is 44.2 Å². The van der Waals surface area contributed by atoms with Gasteiger partial charge in [-0.25, -0.2) is 28.1 Å². The van der Waals surface area contributed by atoms with Crippen LogP contribution >= 0.6 is 0 Å². The van der Waals surface area contributed by atoms with Gasteiger partial charge < -0.3 is 14.4 Å². The number of alkyl halides is 2. The second kappa shape index (κ2) is 17.9. The molecule has 354 valence electrons. The summed E-state index contributed by atoms with van der Waals surface area (Å²) in [4.78, 5) is 29.4. The zero-order chi connectivity index (χ0) is 49.1. The number of anilines is 1. The molecule has 17 nitrogen and oxygen atoms in total. The highest BCUT2D eigenvalue weighted by Crippen LogP contribution is 2.39. The van der Waals surface area contributed by atoms with Crippen LogP contribution in [0.25, 0.3) is 77.8 Å². The number of ether oxygens (including phenoxy) is 2. The van der Waals surface area contributed by atoms with Crippen molar-refractivity contribution in [3.05, 3.63) is 102 Å². The van der Waals surface area contributed by atoms with E-state index >= 15 is 0 Å². The molecule has 0 spiro atoms. The largest absolute Gasteiger partial charge is 0.496 e. The molecule has 0 aromatic carbocycles. The van der Waals surface area contributed by atoms with Crippen molar-refractivity contribution < 1.29 is 18.3 Å². The van der Waals surface area contributed by atoms with Gasteiger partial charge in [0.25, 0.3) is 5.92 Å². The molecule has 0 atom stereocenters. The predicted octanol–water partition coefficient (Wildman–Crippen LogP) is 9.38. The van der Waals surface area contributed by atoms with Crippen LogP contribution in [-0.2, 0) is 14.1 Å². The number of pyridine rings is 6. The molecule has 69 heavy (non-hydrogen) atoms. The van der Waals surface area contributed by atoms with Gasteiger partial charge in [0.05, 0.1) is 107 Å². The summed E-state index contributed by atoms with van der Waals surface area (Å²) < 4.78 is 45.7. The number of nitrogens with zero attached hydrogens (tertiary/aromatic N) is 15. The monoisotopic (exact) mass is 933 g/mol. The molecule has 1 fully saturated rings. The summed E-state index contributed by atoms with van der Waals surface area (Å²) in [5.74, 6) is 0.661. The minimum atomic E-state index is -2.72. The van der Waals surface area contributed by atoms with E-state index in [4.69, 9.17) is 29.4 Å². The van der Waals surface area contributed by atoms with E-state index in [1.165, 1.54) is 0 Å². The minimum absolute atomic E-state index is 0.251. The third-order valence-electron chi connectivity index (χ3n) is 12.2. The first-order chi connectivity index (χ1) is 33.1. The molecular formula is C50H53F2N15O2. The van der Waals surface area contributed by atoms with Gasteiger partial charge in [0.2, 0.25) is 0 Å². The molecule has 0 unspecified atom stereocenters. The second-order valence-electron chi connectivity index (χ2n) is 17.1. The molecule has 0 aliphatic carbocycles. The molecule has 10 aromatic rings. The smallest absolute Gasteiger partial charge is 0.282 e. The van der Waals surface area contributed by atoms with Crippen molar-refractivity contribution in [2.24, 2.45) is 14.1 Å². The highest BCUT2D eigenvalue weighted by atomic mass is 19.3. The van der Waals surface area contributed by atoms with Crippen molar-refractivity contribution in [1.29, 1.82) is 0 Å². The Hall–Kier alpha value is -7.96. The average Bonchev–Trinajstić information content (AvgIpc) is 4.11. The van der Waals surface area contributed by atoms with Crippen molar-refractivity contribution in [3.63, 3.8) is 0 Å². The molecule has 0 N–H and O–H groups in total. The molecule has 11 rings (SSSR count). The van der Waals surface area contributed by atoms with Crippen LogP contribution in [0.15, 0.2) is 73.6 Å². The molecule has 1 aliphatic heterocycles. The van der Waals surface area contributed by atoms with Crippen LogP contribution in [0, 0.1) is 27.7 Å². The maximum absolute atomic E-state index is 13.7. The topological polar surface area (TPSA) is 170 Å². The number of aromatic nitrogens is 14. The summed E-state index contributed by atoms with van der Waals surface area (Å²) in [6.07, 6.45) is 10.4. The normalized spacial score (nSPS) is 13.2. The Kier molecular flexibility index (Phi) is 12.0. The molecule has 10 aromatic heterocycles. The fourth-order valence-corrected chi connectivity index (χ4v) is 8.96. The summed E-state index contributed by atoms with van der Waals surface area (Å²) in [5, 5.41) is 22.1. The maximum Gasteiger partial charge on any atom is 0.282 e. The van der Waals surface area contributed by atoms with E-state index in [-0.39, 0.29) is 19.0 Å². The summed E-state index contributed by atoms with van der Waals surface area (Å²) in [6, 6.07) is 11.5. The molecule has 1 aliphatic rings. The Morgan fingerprint density at radius 3 is 1.52 bits per heavy atom. The minimum Gasteiger partial charge on any atom is -0.496 e. The molecular weight excluding hydrogens is 881 g/mol. The number of aryl methyl sites for hydroxylation is 6. The van der Waals surface area contributed by atoms with Crippen LogP contribution < -0.4 is 14.4 Å². The van der Waals surface area contributed by atoms with E-state index in [1.807, 2.05) is 102 Å². The molecule has 0 amide bonds. The van der Waals surface area contributed by atoms with Crippen LogP contribution in [0.1, 0.15) is 62.1 Å². The molecule has 1 saturated heterocycles. The lowest BCUT2D eigenvalue weighted by molar-refractivity contribution is -0.0265. The summed E-state index contributed by atoms with van der Waals surface area (Å²) in [7, 11) is 7.04. The third kappa shape index (κ3) is 8.10. The fraction of sp³-hybridized carbons (Fsp3) is 0.320. The van der Waals surface area contributed by atoms with E-state index in [1.54, 1.807) is 65.5 Å². The quantitative estimate of drug-likeness (QED) is 0.141. The van der Waals surface area contributed by atoms with E-state index in [9.17, 15) is 8.78 Å². The van der Waals surface area contributed by atoms with Crippen molar-refractivity contribution in [3.8, 4) is 45.6 Å². The number of rotatable bonds is 8. The van der Waals surface area contributed by atoms with Gasteiger partial charge in [-0.05, 0) is 57.9 Å². The van der Waals surface area contributed by atoms with Gasteiger partial charge in [0.1, 0.15) is 17.3 Å². The number of methoxy groups -OCH3 is 2. The molecule has 0 bridgehead atoms. The molecule has 0 radical (unpaired) electrons. The second-order valence-corrected chi connectivity index (χ2v) is 17.1. The highest BCUT2D eigenvalue weighted by Gasteiger charge is 2.45. The van der Waals surface area contributed by atoms with Crippen molar-refractivity contribution in [2.75, 3.05) is 32.2 Å². The summed E-state index contributed by atoms with van der Waals surface area (Å²) >= 11 is 0. The van der Waals surface area contributed by atoms with E-state index in [0.29, 0.717) is 23.1 Å². The van der Waals surface area contributed by atoms with Gasteiger partial charge in [-0.15, -0.1) is 0 Å². The van der Waals surface area contributed by atoms with Crippen LogP contribution in [0.2, 0.25) is 0 Å². The lowest BCUT2D eigenvalue weighted by atomic mass is 10.0. The van der Waals surface area contributed by atoms with Crippen molar-refractivity contribution in [1.82, 2.24) is 69.0 Å². The zero-order valence-electron chi connectivity index (χ0n) is 40.7. The Bertz CT molecular complexity index is 3560. The first-order valence-corrected chi connectivity index (χ1v) is 22.6. The highest BCUT2D eigenvalue weighted by molar-refractivity contribution is 5.95. The molecule has 11 heterocycles. The molecule has 19 heteroatoms. The number of halogens is 2. The summed E-state index contributed by atoms with van der Waals surface area (Å²) in [6.45, 7) is 15.3. The van der Waals surface area contributed by atoms with Gasteiger partial charge >= 0.3 is 0 Å². The Balaban J connectivity index is 0.000000167. The predicted molar refractivity (Wildman–Crippen MR) is 263 cm³/mol. The van der Waals surface area contributed by atoms with Crippen LogP contribution in [-0.4, -0.2) is 102 Å². The number of fused-ring (bicyclic) bond motifs is 4. The lowest BCUT2D eigenvalue weighted by Crippen LogP contribution is -2.56. The maximum atomic E-state index is 13.7. The standard InChI is InChI=1S/C24H22F2N8O.C24H25N7O.C2H6/c1-13-15-10-28-34(18(15)7-17(29-13)16-9-27-6-5-20(16)35-4)21-8-19-22(14(2)31-32(19)3)23(30-21)33-11-24(25,26)12-33;1-13(2)24-23-15(4)29-30(5)20(23)10-22(28-24)31-19-9-18(27-14(3)16(19)12-26-31)17-11-25-8-7-21(17)32-6;1-2/h5-10H,11-12H2,1-4H3;7-13H,1-6H3;1-2H3. The van der Waals surface area contributed by atoms with Gasteiger partial charge in [-0.2, -0.15) is 20.4 Å². The van der Waals surface area contributed by atoms with Crippen LogP contribution in [0.5, 0.6) is 11.5 Å². The molecule has 0 saturated carbocycles. The average molecular weight is 934 g/mol.